The standard InChI is InChI=1S/C21H18F3N3O4/c22-14-9-16(24)15(23)8-12(14)10-25-19(29)21(31)5-6-27(20(21)30)13-2-3-17-11(7-13)1-4-18(28)26-17/h2-3,7-9,31H,1,4-6,10H2,(H,25,29)(H,26,28). The maximum Gasteiger partial charge on any atom is 0.268 e. The van der Waals surface area contributed by atoms with E-state index in [-0.39, 0.29) is 24.4 Å². The van der Waals surface area contributed by atoms with E-state index in [1.807, 2.05) is 0 Å². The Morgan fingerprint density at radius 1 is 1.10 bits per heavy atom. The number of hydrogen-bond donors (Lipinski definition) is 3. The van der Waals surface area contributed by atoms with E-state index in [2.05, 4.69) is 10.6 Å². The number of fused-ring (bicyclic) bond motifs is 1. The highest BCUT2D eigenvalue weighted by Gasteiger charge is 2.51. The van der Waals surface area contributed by atoms with Crippen LogP contribution in [0.1, 0.15) is 24.0 Å². The lowest BCUT2D eigenvalue weighted by molar-refractivity contribution is -0.149. The van der Waals surface area contributed by atoms with E-state index in [0.29, 0.717) is 36.3 Å². The zero-order valence-electron chi connectivity index (χ0n) is 16.2. The third-order valence-corrected chi connectivity index (χ3v) is 5.50. The molecule has 162 valence electrons. The number of carbonyl (C=O) groups excluding carboxylic acids is 3. The number of aryl methyl sites for hydroxylation is 1. The van der Waals surface area contributed by atoms with E-state index < -0.39 is 41.4 Å². The number of halogens is 3. The average Bonchev–Trinajstić information content (AvgIpc) is 3.05. The van der Waals surface area contributed by atoms with E-state index in [4.69, 9.17) is 0 Å². The Morgan fingerprint density at radius 2 is 1.84 bits per heavy atom. The highest BCUT2D eigenvalue weighted by Crippen LogP contribution is 2.33. The fraction of sp³-hybridized carbons (Fsp3) is 0.286. The first-order valence-corrected chi connectivity index (χ1v) is 9.58. The van der Waals surface area contributed by atoms with Gasteiger partial charge in [0.05, 0.1) is 0 Å². The van der Waals surface area contributed by atoms with Crippen molar-refractivity contribution in [1.29, 1.82) is 0 Å². The zero-order chi connectivity index (χ0) is 22.3. The van der Waals surface area contributed by atoms with Crippen LogP contribution < -0.4 is 15.5 Å². The van der Waals surface area contributed by atoms with Crippen LogP contribution in [0.5, 0.6) is 0 Å². The maximum absolute atomic E-state index is 13.8. The molecular formula is C21H18F3N3O4. The number of nitrogens with one attached hydrogen (secondary N) is 2. The molecule has 2 aromatic rings. The molecule has 3 N–H and O–H groups in total. The second kappa shape index (κ2) is 7.69. The molecule has 0 radical (unpaired) electrons. The predicted octanol–water partition coefficient (Wildman–Crippen LogP) is 1.77. The molecule has 7 nitrogen and oxygen atoms in total. The van der Waals surface area contributed by atoms with Crippen LogP contribution in [0.4, 0.5) is 24.5 Å². The van der Waals surface area contributed by atoms with Crippen molar-refractivity contribution in [3.8, 4) is 0 Å². The molecule has 3 amide bonds. The molecule has 1 saturated heterocycles. The Morgan fingerprint density at radius 3 is 2.61 bits per heavy atom. The van der Waals surface area contributed by atoms with Gasteiger partial charge in [-0.3, -0.25) is 14.4 Å². The summed E-state index contributed by atoms with van der Waals surface area (Å²) in [5.74, 6) is -5.72. The molecule has 1 fully saturated rings. The smallest absolute Gasteiger partial charge is 0.268 e. The van der Waals surface area contributed by atoms with Crippen LogP contribution in [0, 0.1) is 17.5 Å². The minimum atomic E-state index is -2.38. The molecular weight excluding hydrogens is 415 g/mol. The molecule has 0 aromatic heterocycles. The monoisotopic (exact) mass is 433 g/mol. The van der Waals surface area contributed by atoms with Gasteiger partial charge >= 0.3 is 0 Å². The summed E-state index contributed by atoms with van der Waals surface area (Å²) in [6, 6.07) is 5.92. The Bertz CT molecular complexity index is 1110. The molecule has 2 aliphatic heterocycles. The molecule has 2 aromatic carbocycles. The summed E-state index contributed by atoms with van der Waals surface area (Å²) in [6.45, 7) is -0.469. The Kier molecular flexibility index (Phi) is 5.18. The summed E-state index contributed by atoms with van der Waals surface area (Å²) < 4.78 is 40.1. The number of carbonyl (C=O) groups is 3. The van der Waals surface area contributed by atoms with Crippen molar-refractivity contribution < 1.29 is 32.7 Å². The number of aliphatic hydroxyl groups is 1. The Labute approximate surface area is 174 Å². The molecule has 2 heterocycles. The van der Waals surface area contributed by atoms with Gasteiger partial charge in [-0.1, -0.05) is 0 Å². The van der Waals surface area contributed by atoms with Crippen LogP contribution in [0.25, 0.3) is 0 Å². The molecule has 10 heteroatoms. The molecule has 0 aliphatic carbocycles. The maximum atomic E-state index is 13.8. The normalized spacial score (nSPS) is 20.5. The van der Waals surface area contributed by atoms with Gasteiger partial charge in [-0.05, 0) is 36.2 Å². The number of anilines is 2. The van der Waals surface area contributed by atoms with Crippen molar-refractivity contribution in [3.63, 3.8) is 0 Å². The van der Waals surface area contributed by atoms with Gasteiger partial charge in [-0.25, -0.2) is 13.2 Å². The number of amides is 3. The third kappa shape index (κ3) is 3.74. The van der Waals surface area contributed by atoms with Gasteiger partial charge in [0.15, 0.2) is 11.6 Å². The van der Waals surface area contributed by atoms with Crippen LogP contribution in [0.2, 0.25) is 0 Å². The highest BCUT2D eigenvalue weighted by molar-refractivity contribution is 6.16. The minimum Gasteiger partial charge on any atom is -0.372 e. The lowest BCUT2D eigenvalue weighted by Gasteiger charge is -2.24. The van der Waals surface area contributed by atoms with Crippen LogP contribution in [0.15, 0.2) is 30.3 Å². The van der Waals surface area contributed by atoms with Crippen molar-refractivity contribution in [2.24, 2.45) is 0 Å². The molecule has 0 bridgehead atoms. The van der Waals surface area contributed by atoms with E-state index in [9.17, 15) is 32.7 Å². The lowest BCUT2D eigenvalue weighted by atomic mass is 10.0. The third-order valence-electron chi connectivity index (χ3n) is 5.50. The lowest BCUT2D eigenvalue weighted by Crippen LogP contribution is -2.52. The van der Waals surface area contributed by atoms with Crippen molar-refractivity contribution in [3.05, 3.63) is 58.9 Å². The van der Waals surface area contributed by atoms with Gasteiger partial charge in [-0.2, -0.15) is 0 Å². The molecule has 2 aliphatic rings. The first kappa shape index (κ1) is 20.9. The fourth-order valence-corrected chi connectivity index (χ4v) is 3.72. The van der Waals surface area contributed by atoms with E-state index in [1.54, 1.807) is 18.2 Å². The van der Waals surface area contributed by atoms with Gasteiger partial charge in [0, 0.05) is 48.9 Å². The predicted molar refractivity (Wildman–Crippen MR) is 103 cm³/mol. The molecule has 4 rings (SSSR count). The van der Waals surface area contributed by atoms with Crippen LogP contribution >= 0.6 is 0 Å². The van der Waals surface area contributed by atoms with Crippen molar-refractivity contribution >= 4 is 29.1 Å². The highest BCUT2D eigenvalue weighted by atomic mass is 19.2. The number of benzene rings is 2. The van der Waals surface area contributed by atoms with Gasteiger partial charge in [0.1, 0.15) is 5.82 Å². The Hall–Kier alpha value is -3.40. The number of nitrogens with zero attached hydrogens (tertiary/aromatic N) is 1. The SMILES string of the molecule is O=C1CCc2cc(N3CCC(O)(C(=O)NCc4cc(F)c(F)cc4F)C3=O)ccc2N1. The Balaban J connectivity index is 1.48. The van der Waals surface area contributed by atoms with Crippen LogP contribution in [-0.4, -0.2) is 35.0 Å². The van der Waals surface area contributed by atoms with Crippen molar-refractivity contribution in [2.45, 2.75) is 31.4 Å². The van der Waals surface area contributed by atoms with Gasteiger partial charge < -0.3 is 20.6 Å². The molecule has 1 atom stereocenters. The molecule has 0 saturated carbocycles. The largest absolute Gasteiger partial charge is 0.372 e. The summed E-state index contributed by atoms with van der Waals surface area (Å²) in [7, 11) is 0. The van der Waals surface area contributed by atoms with E-state index >= 15 is 0 Å². The number of rotatable bonds is 4. The second-order valence-electron chi connectivity index (χ2n) is 7.50. The van der Waals surface area contributed by atoms with E-state index in [0.717, 1.165) is 5.56 Å². The van der Waals surface area contributed by atoms with Gasteiger partial charge in [0.2, 0.25) is 11.5 Å². The van der Waals surface area contributed by atoms with Crippen LogP contribution in [-0.2, 0) is 27.3 Å². The molecule has 0 spiro atoms. The second-order valence-corrected chi connectivity index (χ2v) is 7.50. The minimum absolute atomic E-state index is 0.0629. The van der Waals surface area contributed by atoms with Crippen molar-refractivity contribution in [1.82, 2.24) is 5.32 Å². The zero-order valence-corrected chi connectivity index (χ0v) is 16.2. The summed E-state index contributed by atoms with van der Waals surface area (Å²) in [5.41, 5.74) is -0.754. The quantitative estimate of drug-likeness (QED) is 0.506. The fourth-order valence-electron chi connectivity index (χ4n) is 3.72. The van der Waals surface area contributed by atoms with Gasteiger partial charge in [0.25, 0.3) is 11.8 Å². The molecule has 31 heavy (non-hydrogen) atoms. The van der Waals surface area contributed by atoms with Crippen molar-refractivity contribution in [2.75, 3.05) is 16.8 Å². The summed E-state index contributed by atoms with van der Waals surface area (Å²) in [6.07, 6.45) is 0.616. The summed E-state index contributed by atoms with van der Waals surface area (Å²) >= 11 is 0. The first-order chi connectivity index (χ1) is 14.7. The van der Waals surface area contributed by atoms with E-state index in [1.165, 1.54) is 4.90 Å². The topological polar surface area (TPSA) is 98.7 Å². The summed E-state index contributed by atoms with van der Waals surface area (Å²) in [5, 5.41) is 15.6. The number of hydrogen-bond acceptors (Lipinski definition) is 4. The average molecular weight is 433 g/mol. The van der Waals surface area contributed by atoms with Crippen LogP contribution in [0.3, 0.4) is 0 Å². The van der Waals surface area contributed by atoms with Gasteiger partial charge in [-0.15, -0.1) is 0 Å². The summed E-state index contributed by atoms with van der Waals surface area (Å²) in [4.78, 5) is 38.1. The first-order valence-electron chi connectivity index (χ1n) is 9.58. The molecule has 1 unspecified atom stereocenters.